The van der Waals surface area contributed by atoms with Gasteiger partial charge in [-0.2, -0.15) is 11.3 Å². The number of anilines is 1. The molecule has 6 heteroatoms. The molecule has 104 valence electrons. The molecule has 0 radical (unpaired) electrons. The smallest absolute Gasteiger partial charge is 0.322 e. The second-order valence-corrected chi connectivity index (χ2v) is 5.50. The van der Waals surface area contributed by atoms with Gasteiger partial charge >= 0.3 is 12.0 Å². The second-order valence-electron chi connectivity index (χ2n) is 4.72. The number of aliphatic carboxylic acids is 1. The lowest BCUT2D eigenvalue weighted by Gasteiger charge is -2.35. The fourth-order valence-electron chi connectivity index (χ4n) is 2.39. The normalized spacial score (nSPS) is 19.2. The molecule has 1 aromatic heterocycles. The lowest BCUT2D eigenvalue weighted by molar-refractivity contribution is -0.137. The molecule has 2 rings (SSSR count). The molecule has 19 heavy (non-hydrogen) atoms. The van der Waals surface area contributed by atoms with E-state index in [0.29, 0.717) is 13.0 Å². The van der Waals surface area contributed by atoms with E-state index >= 15 is 0 Å². The van der Waals surface area contributed by atoms with Crippen molar-refractivity contribution in [2.45, 2.75) is 38.1 Å². The maximum atomic E-state index is 12.2. The summed E-state index contributed by atoms with van der Waals surface area (Å²) in [7, 11) is 0. The number of piperidine rings is 1. The highest BCUT2D eigenvalue weighted by atomic mass is 32.1. The van der Waals surface area contributed by atoms with Gasteiger partial charge < -0.3 is 15.3 Å². The SMILES string of the molecule is O=C(O)CCC1CCCCN1C(=O)Nc1ccsc1. The zero-order chi connectivity index (χ0) is 13.7. The standard InChI is InChI=1S/C13H18N2O3S/c16-12(17)5-4-11-3-1-2-7-15(11)13(18)14-10-6-8-19-9-10/h6,8-9,11H,1-5,7H2,(H,14,18)(H,16,17). The average molecular weight is 282 g/mol. The van der Waals surface area contributed by atoms with Gasteiger partial charge in [-0.1, -0.05) is 0 Å². The van der Waals surface area contributed by atoms with Gasteiger partial charge in [0.25, 0.3) is 0 Å². The van der Waals surface area contributed by atoms with Crippen LogP contribution in [-0.2, 0) is 4.79 Å². The number of nitrogens with one attached hydrogen (secondary N) is 1. The number of thiophene rings is 1. The van der Waals surface area contributed by atoms with E-state index in [1.54, 1.807) is 4.90 Å². The van der Waals surface area contributed by atoms with E-state index < -0.39 is 5.97 Å². The molecule has 1 aliphatic heterocycles. The first-order valence-corrected chi connectivity index (χ1v) is 7.42. The van der Waals surface area contributed by atoms with Crippen LogP contribution in [0.3, 0.4) is 0 Å². The van der Waals surface area contributed by atoms with Gasteiger partial charge in [0.05, 0.1) is 5.69 Å². The van der Waals surface area contributed by atoms with Crippen molar-refractivity contribution in [1.29, 1.82) is 0 Å². The Bertz CT molecular complexity index is 433. The number of nitrogens with zero attached hydrogens (tertiary/aromatic N) is 1. The van der Waals surface area contributed by atoms with Crippen LogP contribution in [0.15, 0.2) is 16.8 Å². The lowest BCUT2D eigenvalue weighted by Crippen LogP contribution is -2.46. The van der Waals surface area contributed by atoms with E-state index in [4.69, 9.17) is 5.11 Å². The van der Waals surface area contributed by atoms with Gasteiger partial charge in [-0.3, -0.25) is 4.79 Å². The Morgan fingerprint density at radius 3 is 3.00 bits per heavy atom. The van der Waals surface area contributed by atoms with E-state index in [1.165, 1.54) is 11.3 Å². The van der Waals surface area contributed by atoms with Gasteiger partial charge in [-0.25, -0.2) is 4.79 Å². The maximum absolute atomic E-state index is 12.2. The van der Waals surface area contributed by atoms with E-state index in [-0.39, 0.29) is 18.5 Å². The molecule has 1 atom stereocenters. The highest BCUT2D eigenvalue weighted by Gasteiger charge is 2.27. The summed E-state index contributed by atoms with van der Waals surface area (Å²) in [4.78, 5) is 24.6. The van der Waals surface area contributed by atoms with Gasteiger partial charge in [0.1, 0.15) is 0 Å². The fraction of sp³-hybridized carbons (Fsp3) is 0.538. The van der Waals surface area contributed by atoms with Crippen molar-refractivity contribution in [1.82, 2.24) is 4.90 Å². The number of hydrogen-bond donors (Lipinski definition) is 2. The molecule has 0 bridgehead atoms. The Morgan fingerprint density at radius 1 is 1.47 bits per heavy atom. The lowest BCUT2D eigenvalue weighted by atomic mass is 9.98. The van der Waals surface area contributed by atoms with Crippen LogP contribution in [0, 0.1) is 0 Å². The van der Waals surface area contributed by atoms with Crippen molar-refractivity contribution in [2.75, 3.05) is 11.9 Å². The number of carbonyl (C=O) groups excluding carboxylic acids is 1. The third kappa shape index (κ3) is 3.96. The molecule has 1 saturated heterocycles. The number of carbonyl (C=O) groups is 2. The van der Waals surface area contributed by atoms with Crippen molar-refractivity contribution in [3.63, 3.8) is 0 Å². The minimum Gasteiger partial charge on any atom is -0.481 e. The summed E-state index contributed by atoms with van der Waals surface area (Å²) in [6.07, 6.45) is 3.59. The molecule has 2 amide bonds. The third-order valence-electron chi connectivity index (χ3n) is 3.35. The van der Waals surface area contributed by atoms with Crippen molar-refractivity contribution >= 4 is 29.0 Å². The Balaban J connectivity index is 1.94. The van der Waals surface area contributed by atoms with Crippen molar-refractivity contribution in [3.05, 3.63) is 16.8 Å². The van der Waals surface area contributed by atoms with Crippen molar-refractivity contribution in [3.8, 4) is 0 Å². The highest BCUT2D eigenvalue weighted by molar-refractivity contribution is 7.08. The molecule has 5 nitrogen and oxygen atoms in total. The van der Waals surface area contributed by atoms with Gasteiger partial charge in [-0.15, -0.1) is 0 Å². The zero-order valence-electron chi connectivity index (χ0n) is 10.7. The molecule has 1 fully saturated rings. The van der Waals surface area contributed by atoms with E-state index in [1.807, 2.05) is 16.8 Å². The largest absolute Gasteiger partial charge is 0.481 e. The molecule has 0 aliphatic carbocycles. The third-order valence-corrected chi connectivity index (χ3v) is 4.04. The molecule has 0 saturated carbocycles. The monoisotopic (exact) mass is 282 g/mol. The fourth-order valence-corrected chi connectivity index (χ4v) is 2.98. The highest BCUT2D eigenvalue weighted by Crippen LogP contribution is 2.22. The summed E-state index contributed by atoms with van der Waals surface area (Å²) in [6.45, 7) is 0.709. The second kappa shape index (κ2) is 6.56. The average Bonchev–Trinajstić information content (AvgIpc) is 2.89. The Morgan fingerprint density at radius 2 is 2.32 bits per heavy atom. The van der Waals surface area contributed by atoms with Crippen LogP contribution in [0.4, 0.5) is 10.5 Å². The summed E-state index contributed by atoms with van der Waals surface area (Å²) in [5, 5.41) is 15.4. The number of urea groups is 1. The number of amides is 2. The van der Waals surface area contributed by atoms with Crippen LogP contribution >= 0.6 is 11.3 Å². The number of hydrogen-bond acceptors (Lipinski definition) is 3. The van der Waals surface area contributed by atoms with E-state index in [9.17, 15) is 9.59 Å². The molecular weight excluding hydrogens is 264 g/mol. The predicted molar refractivity (Wildman–Crippen MR) is 74.6 cm³/mol. The zero-order valence-corrected chi connectivity index (χ0v) is 11.5. The maximum Gasteiger partial charge on any atom is 0.322 e. The quantitative estimate of drug-likeness (QED) is 0.892. The molecule has 1 aliphatic rings. The molecule has 0 spiro atoms. The summed E-state index contributed by atoms with van der Waals surface area (Å²) in [5.74, 6) is -0.802. The van der Waals surface area contributed by atoms with Crippen LogP contribution in [-0.4, -0.2) is 34.6 Å². The molecule has 1 aromatic rings. The predicted octanol–water partition coefficient (Wildman–Crippen LogP) is 3.00. The first-order chi connectivity index (χ1) is 9.16. The summed E-state index contributed by atoms with van der Waals surface area (Å²) < 4.78 is 0. The Labute approximate surface area is 116 Å². The molecule has 0 aromatic carbocycles. The van der Waals surface area contributed by atoms with Crippen molar-refractivity contribution in [2.24, 2.45) is 0 Å². The summed E-state index contributed by atoms with van der Waals surface area (Å²) in [6, 6.07) is 1.79. The summed E-state index contributed by atoms with van der Waals surface area (Å²) in [5.41, 5.74) is 0.803. The Kier molecular flexibility index (Phi) is 4.79. The number of likely N-dealkylation sites (tertiary alicyclic amines) is 1. The molecular formula is C13H18N2O3S. The Hall–Kier alpha value is -1.56. The number of carboxylic acid groups (broad SMARTS) is 1. The first kappa shape index (κ1) is 13.9. The van der Waals surface area contributed by atoms with Crippen LogP contribution in [0.1, 0.15) is 32.1 Å². The number of carboxylic acids is 1. The van der Waals surface area contributed by atoms with Crippen LogP contribution in [0.5, 0.6) is 0 Å². The molecule has 2 N–H and O–H groups in total. The van der Waals surface area contributed by atoms with E-state index in [0.717, 1.165) is 24.9 Å². The summed E-state index contributed by atoms with van der Waals surface area (Å²) >= 11 is 1.53. The van der Waals surface area contributed by atoms with Gasteiger partial charge in [0, 0.05) is 24.4 Å². The van der Waals surface area contributed by atoms with Crippen LogP contribution in [0.25, 0.3) is 0 Å². The van der Waals surface area contributed by atoms with Gasteiger partial charge in [0.15, 0.2) is 0 Å². The number of rotatable bonds is 4. The minimum atomic E-state index is -0.802. The van der Waals surface area contributed by atoms with Crippen molar-refractivity contribution < 1.29 is 14.7 Å². The molecule has 1 unspecified atom stereocenters. The van der Waals surface area contributed by atoms with Crippen LogP contribution < -0.4 is 5.32 Å². The first-order valence-electron chi connectivity index (χ1n) is 6.48. The van der Waals surface area contributed by atoms with E-state index in [2.05, 4.69) is 5.32 Å². The topological polar surface area (TPSA) is 69.6 Å². The van der Waals surface area contributed by atoms with Gasteiger partial charge in [0.2, 0.25) is 0 Å². The van der Waals surface area contributed by atoms with Gasteiger partial charge in [-0.05, 0) is 37.1 Å². The molecule has 2 heterocycles. The van der Waals surface area contributed by atoms with Crippen LogP contribution in [0.2, 0.25) is 0 Å². The minimum absolute atomic E-state index is 0.0449.